The number of morpholine rings is 1. The van der Waals surface area contributed by atoms with Crippen LogP contribution in [0.1, 0.15) is 23.7 Å². The van der Waals surface area contributed by atoms with Gasteiger partial charge < -0.3 is 10.1 Å². The minimum absolute atomic E-state index is 0.00108. The molecule has 2 atom stereocenters. The zero-order valence-electron chi connectivity index (χ0n) is 11.5. The monoisotopic (exact) mass is 279 g/mol. The standard InChI is InChI=1S/C15H21NO2S/c1-3-11(13-10-16-8-9-18-13)15(17)12-6-4-5-7-14(12)19-2/h4-7,11,13,16H,3,8-10H2,1-2H3. The van der Waals surface area contributed by atoms with E-state index in [0.717, 1.165) is 30.0 Å². The molecule has 1 N–H and O–H groups in total. The molecule has 1 aliphatic heterocycles. The van der Waals surface area contributed by atoms with E-state index >= 15 is 0 Å². The first-order valence-electron chi connectivity index (χ1n) is 6.77. The van der Waals surface area contributed by atoms with Crippen molar-refractivity contribution in [2.45, 2.75) is 24.3 Å². The van der Waals surface area contributed by atoms with Crippen LogP contribution in [0.2, 0.25) is 0 Å². The summed E-state index contributed by atoms with van der Waals surface area (Å²) in [4.78, 5) is 13.8. The van der Waals surface area contributed by atoms with Crippen molar-refractivity contribution in [2.75, 3.05) is 26.0 Å². The van der Waals surface area contributed by atoms with Gasteiger partial charge in [0.05, 0.1) is 12.7 Å². The second-order valence-corrected chi connectivity index (χ2v) is 5.54. The molecule has 1 heterocycles. The van der Waals surface area contributed by atoms with Crippen LogP contribution in [0.25, 0.3) is 0 Å². The zero-order valence-corrected chi connectivity index (χ0v) is 12.3. The van der Waals surface area contributed by atoms with Gasteiger partial charge in [-0.15, -0.1) is 11.8 Å². The Kier molecular flexibility index (Phi) is 5.43. The molecule has 104 valence electrons. The van der Waals surface area contributed by atoms with Crippen molar-refractivity contribution in [3.63, 3.8) is 0 Å². The molecule has 2 rings (SSSR count). The second-order valence-electron chi connectivity index (χ2n) is 4.69. The van der Waals surface area contributed by atoms with Crippen LogP contribution < -0.4 is 5.32 Å². The number of thioether (sulfide) groups is 1. The van der Waals surface area contributed by atoms with Gasteiger partial charge in [-0.25, -0.2) is 0 Å². The average molecular weight is 279 g/mol. The summed E-state index contributed by atoms with van der Waals surface area (Å²) in [7, 11) is 0. The topological polar surface area (TPSA) is 38.3 Å². The molecule has 0 radical (unpaired) electrons. The predicted molar refractivity (Wildman–Crippen MR) is 78.9 cm³/mol. The fourth-order valence-electron chi connectivity index (χ4n) is 2.51. The van der Waals surface area contributed by atoms with E-state index in [1.54, 1.807) is 11.8 Å². The third kappa shape index (κ3) is 3.38. The summed E-state index contributed by atoms with van der Waals surface area (Å²) in [5.74, 6) is 0.155. The van der Waals surface area contributed by atoms with E-state index in [0.29, 0.717) is 6.61 Å². The molecule has 1 fully saturated rings. The molecule has 19 heavy (non-hydrogen) atoms. The van der Waals surface area contributed by atoms with Gasteiger partial charge in [0, 0.05) is 29.5 Å². The Morgan fingerprint density at radius 2 is 2.32 bits per heavy atom. The van der Waals surface area contributed by atoms with Crippen LogP contribution in [-0.4, -0.2) is 37.8 Å². The van der Waals surface area contributed by atoms with Crippen molar-refractivity contribution in [3.05, 3.63) is 29.8 Å². The first kappa shape index (κ1) is 14.6. The van der Waals surface area contributed by atoms with Gasteiger partial charge in [0.25, 0.3) is 0 Å². The molecule has 1 saturated heterocycles. The van der Waals surface area contributed by atoms with Crippen LogP contribution >= 0.6 is 11.8 Å². The SMILES string of the molecule is CCC(C(=O)c1ccccc1SC)C1CNCCO1. The van der Waals surface area contributed by atoms with Crippen LogP contribution in [-0.2, 0) is 4.74 Å². The minimum atomic E-state index is -0.0545. The highest BCUT2D eigenvalue weighted by Gasteiger charge is 2.30. The van der Waals surface area contributed by atoms with Crippen molar-refractivity contribution in [1.82, 2.24) is 5.32 Å². The number of rotatable bonds is 5. The van der Waals surface area contributed by atoms with E-state index in [4.69, 9.17) is 4.74 Å². The van der Waals surface area contributed by atoms with E-state index in [9.17, 15) is 4.79 Å². The third-order valence-electron chi connectivity index (χ3n) is 3.55. The number of Topliss-reactive ketones (excluding diaryl/α,β-unsaturated/α-hetero) is 1. The van der Waals surface area contributed by atoms with Crippen LogP contribution in [0.5, 0.6) is 0 Å². The molecule has 0 saturated carbocycles. The fourth-order valence-corrected chi connectivity index (χ4v) is 3.11. The Bertz CT molecular complexity index is 430. The first-order chi connectivity index (χ1) is 9.27. The number of carbonyl (C=O) groups excluding carboxylic acids is 1. The molecule has 0 aromatic heterocycles. The van der Waals surface area contributed by atoms with Gasteiger partial charge in [-0.3, -0.25) is 4.79 Å². The Labute approximate surface area is 119 Å². The van der Waals surface area contributed by atoms with E-state index < -0.39 is 0 Å². The molecule has 0 bridgehead atoms. The lowest BCUT2D eigenvalue weighted by Gasteiger charge is -2.29. The van der Waals surface area contributed by atoms with Crippen LogP contribution in [0, 0.1) is 5.92 Å². The Hall–Kier alpha value is -0.840. The Morgan fingerprint density at radius 1 is 1.53 bits per heavy atom. The number of hydrogen-bond acceptors (Lipinski definition) is 4. The van der Waals surface area contributed by atoms with Crippen LogP contribution in [0.4, 0.5) is 0 Å². The highest BCUT2D eigenvalue weighted by Crippen LogP contribution is 2.26. The van der Waals surface area contributed by atoms with Gasteiger partial charge in [-0.05, 0) is 18.7 Å². The lowest BCUT2D eigenvalue weighted by Crippen LogP contribution is -2.45. The summed E-state index contributed by atoms with van der Waals surface area (Å²) >= 11 is 1.62. The molecule has 1 aromatic carbocycles. The molecule has 3 nitrogen and oxygen atoms in total. The van der Waals surface area contributed by atoms with Crippen molar-refractivity contribution in [2.24, 2.45) is 5.92 Å². The van der Waals surface area contributed by atoms with Crippen LogP contribution in [0.15, 0.2) is 29.2 Å². The lowest BCUT2D eigenvalue weighted by atomic mass is 9.89. The maximum absolute atomic E-state index is 12.7. The third-order valence-corrected chi connectivity index (χ3v) is 4.35. The summed E-state index contributed by atoms with van der Waals surface area (Å²) in [6.45, 7) is 4.40. The maximum atomic E-state index is 12.7. The predicted octanol–water partition coefficient (Wildman–Crippen LogP) is 2.61. The van der Waals surface area contributed by atoms with Crippen molar-refractivity contribution >= 4 is 17.5 Å². The van der Waals surface area contributed by atoms with Crippen molar-refractivity contribution in [3.8, 4) is 0 Å². The largest absolute Gasteiger partial charge is 0.375 e. The maximum Gasteiger partial charge on any atom is 0.169 e. The zero-order chi connectivity index (χ0) is 13.7. The number of hydrogen-bond donors (Lipinski definition) is 1. The number of carbonyl (C=O) groups is 1. The summed E-state index contributed by atoms with van der Waals surface area (Å²) in [5.41, 5.74) is 0.830. The number of ether oxygens (including phenoxy) is 1. The van der Waals surface area contributed by atoms with Gasteiger partial charge in [0.1, 0.15) is 0 Å². The van der Waals surface area contributed by atoms with Crippen molar-refractivity contribution in [1.29, 1.82) is 0 Å². The van der Waals surface area contributed by atoms with E-state index in [2.05, 4.69) is 12.2 Å². The lowest BCUT2D eigenvalue weighted by molar-refractivity contribution is -0.00523. The molecular formula is C15H21NO2S. The molecule has 1 aliphatic rings. The van der Waals surface area contributed by atoms with E-state index in [1.165, 1.54) is 0 Å². The average Bonchev–Trinajstić information content (AvgIpc) is 2.49. The quantitative estimate of drug-likeness (QED) is 0.664. The van der Waals surface area contributed by atoms with Gasteiger partial charge >= 0.3 is 0 Å². The Balaban J connectivity index is 2.19. The van der Waals surface area contributed by atoms with Gasteiger partial charge in [0.2, 0.25) is 0 Å². The summed E-state index contributed by atoms with van der Waals surface area (Å²) < 4.78 is 5.76. The summed E-state index contributed by atoms with van der Waals surface area (Å²) in [5, 5.41) is 3.30. The van der Waals surface area contributed by atoms with E-state index in [-0.39, 0.29) is 17.8 Å². The minimum Gasteiger partial charge on any atom is -0.375 e. The first-order valence-corrected chi connectivity index (χ1v) is 8.00. The van der Waals surface area contributed by atoms with Gasteiger partial charge in [-0.2, -0.15) is 0 Å². The Morgan fingerprint density at radius 3 is 2.95 bits per heavy atom. The molecular weight excluding hydrogens is 258 g/mol. The summed E-state index contributed by atoms with van der Waals surface area (Å²) in [6, 6.07) is 7.83. The second kappa shape index (κ2) is 7.08. The molecule has 2 unspecified atom stereocenters. The number of ketones is 1. The van der Waals surface area contributed by atoms with Gasteiger partial charge in [-0.1, -0.05) is 25.1 Å². The van der Waals surface area contributed by atoms with E-state index in [1.807, 2.05) is 30.5 Å². The van der Waals surface area contributed by atoms with Crippen LogP contribution in [0.3, 0.4) is 0 Å². The molecule has 1 aromatic rings. The molecule has 0 amide bonds. The fraction of sp³-hybridized carbons (Fsp3) is 0.533. The molecule has 0 aliphatic carbocycles. The summed E-state index contributed by atoms with van der Waals surface area (Å²) in [6.07, 6.45) is 2.82. The van der Waals surface area contributed by atoms with Crippen molar-refractivity contribution < 1.29 is 9.53 Å². The highest BCUT2D eigenvalue weighted by molar-refractivity contribution is 7.98. The molecule has 0 spiro atoms. The van der Waals surface area contributed by atoms with Gasteiger partial charge in [0.15, 0.2) is 5.78 Å². The number of nitrogens with one attached hydrogen (secondary N) is 1. The normalized spacial score (nSPS) is 21.1. The number of benzene rings is 1. The smallest absolute Gasteiger partial charge is 0.169 e. The molecule has 4 heteroatoms. The highest BCUT2D eigenvalue weighted by atomic mass is 32.2.